The van der Waals surface area contributed by atoms with Crippen molar-refractivity contribution in [3.8, 4) is 0 Å². The van der Waals surface area contributed by atoms with Gasteiger partial charge in [-0.3, -0.25) is 14.7 Å². The lowest BCUT2D eigenvalue weighted by Gasteiger charge is -2.37. The van der Waals surface area contributed by atoms with Crippen molar-refractivity contribution >= 4 is 47.6 Å². The molecule has 3 amide bonds. The van der Waals surface area contributed by atoms with Crippen LogP contribution in [0.2, 0.25) is 0 Å². The van der Waals surface area contributed by atoms with Crippen LogP contribution >= 0.6 is 24.0 Å². The molecule has 8 nitrogen and oxygen atoms in total. The number of imide groups is 1. The average Bonchev–Trinajstić information content (AvgIpc) is 2.97. The number of urea groups is 1. The number of aryl methyl sites for hydroxylation is 1. The van der Waals surface area contributed by atoms with E-state index in [-0.39, 0.29) is 35.9 Å². The molecule has 172 valence electrons. The van der Waals surface area contributed by atoms with Crippen LogP contribution in [-0.4, -0.2) is 79.6 Å². The Bertz CT molecular complexity index is 809. The standard InChI is InChI=1S/C22H34N6O2.HI/c1-5-22(3)19(29)28(21(30)25-22)11-7-10-24-20(23-4)27-14-12-26(13-15-27)18-9-6-8-17(2)16-18;/h6,8-9,16H,5,7,10-15H2,1-4H3,(H,23,24)(H,25,30);1H. The Morgan fingerprint density at radius 2 is 1.94 bits per heavy atom. The molecule has 2 fully saturated rings. The van der Waals surface area contributed by atoms with E-state index in [1.165, 1.54) is 16.2 Å². The zero-order valence-corrected chi connectivity index (χ0v) is 21.3. The van der Waals surface area contributed by atoms with Crippen LogP contribution in [0.1, 0.15) is 32.3 Å². The predicted octanol–water partition coefficient (Wildman–Crippen LogP) is 2.42. The van der Waals surface area contributed by atoms with E-state index in [0.717, 1.165) is 32.1 Å². The fourth-order valence-electron chi connectivity index (χ4n) is 3.96. The molecule has 0 spiro atoms. The van der Waals surface area contributed by atoms with Gasteiger partial charge in [-0.05, 0) is 44.4 Å². The maximum absolute atomic E-state index is 12.5. The van der Waals surface area contributed by atoms with Crippen molar-refractivity contribution in [1.29, 1.82) is 0 Å². The van der Waals surface area contributed by atoms with Crippen molar-refractivity contribution in [3.05, 3.63) is 29.8 Å². The lowest BCUT2D eigenvalue weighted by molar-refractivity contribution is -0.130. The third-order valence-corrected chi connectivity index (χ3v) is 6.05. The highest BCUT2D eigenvalue weighted by Gasteiger charge is 2.45. The van der Waals surface area contributed by atoms with Gasteiger partial charge in [-0.15, -0.1) is 24.0 Å². The third-order valence-electron chi connectivity index (χ3n) is 6.05. The van der Waals surface area contributed by atoms with E-state index in [9.17, 15) is 9.59 Å². The second kappa shape index (κ2) is 11.0. The molecule has 0 aliphatic carbocycles. The van der Waals surface area contributed by atoms with Crippen molar-refractivity contribution in [2.75, 3.05) is 51.2 Å². The van der Waals surface area contributed by atoms with Crippen LogP contribution in [0, 0.1) is 6.92 Å². The topological polar surface area (TPSA) is 80.3 Å². The summed E-state index contributed by atoms with van der Waals surface area (Å²) in [5, 5.41) is 6.17. The first-order valence-corrected chi connectivity index (χ1v) is 10.8. The predicted molar refractivity (Wildman–Crippen MR) is 135 cm³/mol. The molecule has 1 unspecified atom stereocenters. The molecule has 1 aromatic rings. The number of amides is 3. The second-order valence-corrected chi connectivity index (χ2v) is 8.21. The van der Waals surface area contributed by atoms with Crippen LogP contribution < -0.4 is 15.5 Å². The van der Waals surface area contributed by atoms with E-state index in [2.05, 4.69) is 56.6 Å². The van der Waals surface area contributed by atoms with Gasteiger partial charge in [0.05, 0.1) is 0 Å². The van der Waals surface area contributed by atoms with Gasteiger partial charge in [-0.1, -0.05) is 19.1 Å². The van der Waals surface area contributed by atoms with Crippen LogP contribution in [0.3, 0.4) is 0 Å². The van der Waals surface area contributed by atoms with Gasteiger partial charge in [-0.2, -0.15) is 0 Å². The number of halogens is 1. The molecule has 31 heavy (non-hydrogen) atoms. The second-order valence-electron chi connectivity index (χ2n) is 8.21. The molecule has 3 rings (SSSR count). The summed E-state index contributed by atoms with van der Waals surface area (Å²) in [6, 6.07) is 8.32. The molecule has 2 aliphatic heterocycles. The zero-order chi connectivity index (χ0) is 21.7. The highest BCUT2D eigenvalue weighted by Crippen LogP contribution is 2.21. The van der Waals surface area contributed by atoms with Crippen LogP contribution in [0.25, 0.3) is 0 Å². The van der Waals surface area contributed by atoms with Gasteiger partial charge in [0, 0.05) is 52.0 Å². The quantitative estimate of drug-likeness (QED) is 0.190. The van der Waals surface area contributed by atoms with E-state index < -0.39 is 5.54 Å². The van der Waals surface area contributed by atoms with E-state index in [1.807, 2.05) is 6.92 Å². The summed E-state index contributed by atoms with van der Waals surface area (Å²) >= 11 is 0. The van der Waals surface area contributed by atoms with Gasteiger partial charge >= 0.3 is 6.03 Å². The summed E-state index contributed by atoms with van der Waals surface area (Å²) in [5.41, 5.74) is 1.78. The molecule has 0 bridgehead atoms. The molecule has 2 aliphatic rings. The molecule has 0 aromatic heterocycles. The van der Waals surface area contributed by atoms with E-state index in [4.69, 9.17) is 0 Å². The Kier molecular flexibility index (Phi) is 8.96. The fraction of sp³-hybridized carbons (Fsp3) is 0.591. The zero-order valence-electron chi connectivity index (χ0n) is 19.0. The molecule has 0 saturated carbocycles. The number of hydrogen-bond donors (Lipinski definition) is 2. The summed E-state index contributed by atoms with van der Waals surface area (Å²) in [4.78, 5) is 35.0. The molecule has 2 N–H and O–H groups in total. The summed E-state index contributed by atoms with van der Waals surface area (Å²) in [5.74, 6) is 0.737. The van der Waals surface area contributed by atoms with Crippen LogP contribution in [0.15, 0.2) is 29.3 Å². The number of carbonyl (C=O) groups is 2. The summed E-state index contributed by atoms with van der Waals surface area (Å²) in [7, 11) is 1.79. The number of piperazine rings is 1. The van der Waals surface area contributed by atoms with Crippen molar-refractivity contribution in [2.24, 2.45) is 4.99 Å². The minimum Gasteiger partial charge on any atom is -0.368 e. The van der Waals surface area contributed by atoms with Crippen LogP contribution in [-0.2, 0) is 4.79 Å². The van der Waals surface area contributed by atoms with E-state index in [1.54, 1.807) is 14.0 Å². The van der Waals surface area contributed by atoms with Gasteiger partial charge < -0.3 is 20.4 Å². The largest absolute Gasteiger partial charge is 0.368 e. The normalized spacial score (nSPS) is 21.8. The van der Waals surface area contributed by atoms with Gasteiger partial charge in [0.25, 0.3) is 5.91 Å². The SMILES string of the molecule is CCC1(C)NC(=O)N(CCCNC(=NC)N2CCN(c3cccc(C)c3)CC2)C1=O.I. The fourth-order valence-corrected chi connectivity index (χ4v) is 3.96. The first-order valence-electron chi connectivity index (χ1n) is 10.8. The van der Waals surface area contributed by atoms with Crippen LogP contribution in [0.4, 0.5) is 10.5 Å². The molecule has 9 heteroatoms. The molecule has 2 saturated heterocycles. The highest BCUT2D eigenvalue weighted by atomic mass is 127. The Hall–Kier alpha value is -2.04. The summed E-state index contributed by atoms with van der Waals surface area (Å²) < 4.78 is 0. The molecular formula is C22H35IN6O2. The Morgan fingerprint density at radius 1 is 1.23 bits per heavy atom. The maximum Gasteiger partial charge on any atom is 0.325 e. The monoisotopic (exact) mass is 542 g/mol. The van der Waals surface area contributed by atoms with Gasteiger partial charge in [0.1, 0.15) is 5.54 Å². The van der Waals surface area contributed by atoms with Crippen molar-refractivity contribution in [3.63, 3.8) is 0 Å². The smallest absolute Gasteiger partial charge is 0.325 e. The van der Waals surface area contributed by atoms with Crippen LogP contribution in [0.5, 0.6) is 0 Å². The van der Waals surface area contributed by atoms with Crippen molar-refractivity contribution in [1.82, 2.24) is 20.4 Å². The molecule has 0 radical (unpaired) electrons. The molecular weight excluding hydrogens is 507 g/mol. The first-order chi connectivity index (χ1) is 14.4. The lowest BCUT2D eigenvalue weighted by atomic mass is 9.99. The summed E-state index contributed by atoms with van der Waals surface area (Å²) in [6.45, 7) is 10.6. The van der Waals surface area contributed by atoms with Gasteiger partial charge in [-0.25, -0.2) is 4.79 Å². The average molecular weight is 542 g/mol. The minimum atomic E-state index is -0.766. The first kappa shape index (κ1) is 25.2. The van der Waals surface area contributed by atoms with Gasteiger partial charge in [0.15, 0.2) is 5.96 Å². The number of anilines is 1. The number of guanidine groups is 1. The highest BCUT2D eigenvalue weighted by molar-refractivity contribution is 14.0. The van der Waals surface area contributed by atoms with Crippen molar-refractivity contribution < 1.29 is 9.59 Å². The summed E-state index contributed by atoms with van der Waals surface area (Å²) in [6.07, 6.45) is 1.27. The Morgan fingerprint density at radius 3 is 2.52 bits per heavy atom. The number of hydrogen-bond acceptors (Lipinski definition) is 4. The van der Waals surface area contributed by atoms with Gasteiger partial charge in [0.2, 0.25) is 0 Å². The number of benzene rings is 1. The Balaban J connectivity index is 0.00000341. The molecule has 1 aromatic carbocycles. The minimum absolute atomic E-state index is 0. The number of carbonyl (C=O) groups excluding carboxylic acids is 2. The number of nitrogens with one attached hydrogen (secondary N) is 2. The van der Waals surface area contributed by atoms with Crippen molar-refractivity contribution in [2.45, 2.75) is 39.2 Å². The lowest BCUT2D eigenvalue weighted by Crippen LogP contribution is -2.52. The van der Waals surface area contributed by atoms with E-state index in [0.29, 0.717) is 25.9 Å². The number of aliphatic imine (C=N–C) groups is 1. The third kappa shape index (κ3) is 5.81. The maximum atomic E-state index is 12.5. The Labute approximate surface area is 202 Å². The number of nitrogens with zero attached hydrogens (tertiary/aromatic N) is 4. The van der Waals surface area contributed by atoms with E-state index >= 15 is 0 Å². The molecule has 1 atom stereocenters. The molecule has 2 heterocycles. The number of rotatable bonds is 6.